The van der Waals surface area contributed by atoms with Crippen LogP contribution in [0.25, 0.3) is 16.9 Å². The Morgan fingerprint density at radius 2 is 2.04 bits per heavy atom. The Balaban J connectivity index is 2.26. The third kappa shape index (κ3) is 2.80. The van der Waals surface area contributed by atoms with Crippen LogP contribution >= 0.6 is 0 Å². The summed E-state index contributed by atoms with van der Waals surface area (Å²) in [4.78, 5) is 0. The van der Waals surface area contributed by atoms with Crippen molar-refractivity contribution in [2.45, 2.75) is 13.5 Å². The minimum absolute atomic E-state index is 0.292. The number of methoxy groups -OCH3 is 1. The van der Waals surface area contributed by atoms with Gasteiger partial charge >= 0.3 is 0 Å². The summed E-state index contributed by atoms with van der Waals surface area (Å²) in [7, 11) is 1.57. The molecular formula is C17H16FN3O2. The minimum atomic E-state index is -0.365. The van der Waals surface area contributed by atoms with Gasteiger partial charge in [0, 0.05) is 5.56 Å². The van der Waals surface area contributed by atoms with Crippen molar-refractivity contribution in [1.82, 2.24) is 15.0 Å². The van der Waals surface area contributed by atoms with Crippen LogP contribution in [-0.4, -0.2) is 27.2 Å². The molecule has 3 aromatic rings. The van der Waals surface area contributed by atoms with Crippen molar-refractivity contribution in [2.75, 3.05) is 7.11 Å². The summed E-state index contributed by atoms with van der Waals surface area (Å²) in [5.74, 6) is 0.248. The molecule has 0 radical (unpaired) electrons. The Kier molecular flexibility index (Phi) is 4.08. The van der Waals surface area contributed by atoms with Gasteiger partial charge < -0.3 is 9.84 Å². The molecule has 23 heavy (non-hydrogen) atoms. The van der Waals surface area contributed by atoms with Crippen LogP contribution in [0.3, 0.4) is 0 Å². The van der Waals surface area contributed by atoms with E-state index < -0.39 is 0 Å². The van der Waals surface area contributed by atoms with Crippen molar-refractivity contribution in [3.05, 3.63) is 59.5 Å². The predicted molar refractivity (Wildman–Crippen MR) is 84.0 cm³/mol. The van der Waals surface area contributed by atoms with Gasteiger partial charge in [0.05, 0.1) is 13.7 Å². The van der Waals surface area contributed by atoms with E-state index in [2.05, 4.69) is 10.3 Å². The van der Waals surface area contributed by atoms with E-state index in [1.54, 1.807) is 23.9 Å². The van der Waals surface area contributed by atoms with Crippen molar-refractivity contribution in [3.8, 4) is 22.7 Å². The van der Waals surface area contributed by atoms with Crippen molar-refractivity contribution in [1.29, 1.82) is 0 Å². The Morgan fingerprint density at radius 3 is 2.74 bits per heavy atom. The van der Waals surface area contributed by atoms with Gasteiger partial charge in [-0.25, -0.2) is 9.07 Å². The van der Waals surface area contributed by atoms with Crippen LogP contribution in [0.2, 0.25) is 0 Å². The fourth-order valence-corrected chi connectivity index (χ4v) is 2.48. The van der Waals surface area contributed by atoms with Crippen LogP contribution in [0.5, 0.6) is 5.75 Å². The van der Waals surface area contributed by atoms with Crippen LogP contribution < -0.4 is 4.74 Å². The van der Waals surface area contributed by atoms with Gasteiger partial charge in [0.15, 0.2) is 0 Å². The molecule has 6 heteroatoms. The van der Waals surface area contributed by atoms with E-state index in [0.29, 0.717) is 28.4 Å². The first-order chi connectivity index (χ1) is 11.1. The maximum atomic E-state index is 13.6. The summed E-state index contributed by atoms with van der Waals surface area (Å²) < 4.78 is 20.5. The Hall–Kier alpha value is -2.73. The second kappa shape index (κ2) is 6.18. The zero-order chi connectivity index (χ0) is 16.4. The number of nitrogens with zero attached hydrogens (tertiary/aromatic N) is 3. The normalized spacial score (nSPS) is 10.8. The molecule has 0 aliphatic heterocycles. The van der Waals surface area contributed by atoms with Crippen LogP contribution in [0.4, 0.5) is 4.39 Å². The number of hydrogen-bond donors (Lipinski definition) is 1. The summed E-state index contributed by atoms with van der Waals surface area (Å²) in [5, 5.41) is 17.7. The third-order valence-corrected chi connectivity index (χ3v) is 3.55. The van der Waals surface area contributed by atoms with Crippen molar-refractivity contribution >= 4 is 0 Å². The van der Waals surface area contributed by atoms with Gasteiger partial charge in [-0.15, -0.1) is 5.10 Å². The number of benzene rings is 2. The van der Waals surface area contributed by atoms with Gasteiger partial charge in [0.25, 0.3) is 0 Å². The molecule has 118 valence electrons. The van der Waals surface area contributed by atoms with E-state index in [1.807, 2.05) is 25.1 Å². The lowest BCUT2D eigenvalue weighted by atomic mass is 10.1. The smallest absolute Gasteiger partial charge is 0.144 e. The predicted octanol–water partition coefficient (Wildman–Crippen LogP) is 2.88. The lowest BCUT2D eigenvalue weighted by molar-refractivity contribution is 0.277. The molecule has 1 N–H and O–H groups in total. The second-order valence-electron chi connectivity index (χ2n) is 5.14. The molecule has 1 heterocycles. The maximum Gasteiger partial charge on any atom is 0.144 e. The molecule has 0 bridgehead atoms. The number of aliphatic hydroxyl groups is 1. The molecule has 0 spiro atoms. The summed E-state index contributed by atoms with van der Waals surface area (Å²) in [6, 6.07) is 11.8. The number of aryl methyl sites for hydroxylation is 1. The number of hydrogen-bond acceptors (Lipinski definition) is 4. The van der Waals surface area contributed by atoms with E-state index in [0.717, 1.165) is 5.56 Å². The fraction of sp³-hybridized carbons (Fsp3) is 0.176. The highest BCUT2D eigenvalue weighted by Gasteiger charge is 2.18. The molecule has 0 aliphatic rings. The van der Waals surface area contributed by atoms with Crippen LogP contribution in [0.1, 0.15) is 11.3 Å². The molecule has 0 unspecified atom stereocenters. The first-order valence-corrected chi connectivity index (χ1v) is 7.10. The number of aromatic nitrogens is 3. The average Bonchev–Trinajstić information content (AvgIpc) is 2.98. The number of ether oxygens (including phenoxy) is 1. The molecule has 0 atom stereocenters. The van der Waals surface area contributed by atoms with Gasteiger partial charge in [-0.3, -0.25) is 0 Å². The molecular weight excluding hydrogens is 297 g/mol. The number of halogens is 1. The first-order valence-electron chi connectivity index (χ1n) is 7.10. The maximum absolute atomic E-state index is 13.6. The fourth-order valence-electron chi connectivity index (χ4n) is 2.48. The molecule has 5 nitrogen and oxygen atoms in total. The quantitative estimate of drug-likeness (QED) is 0.804. The number of aliphatic hydroxyl groups excluding tert-OH is 1. The molecule has 0 amide bonds. The number of rotatable bonds is 4. The summed E-state index contributed by atoms with van der Waals surface area (Å²) >= 11 is 0. The van der Waals surface area contributed by atoms with Crippen molar-refractivity contribution in [2.24, 2.45) is 0 Å². The monoisotopic (exact) mass is 313 g/mol. The first kappa shape index (κ1) is 15.2. The lowest BCUT2D eigenvalue weighted by Crippen LogP contribution is -2.03. The summed E-state index contributed by atoms with van der Waals surface area (Å²) in [6.45, 7) is 1.66. The Labute approximate surface area is 133 Å². The Morgan fingerprint density at radius 1 is 1.22 bits per heavy atom. The van der Waals surface area contributed by atoms with Crippen LogP contribution in [-0.2, 0) is 6.61 Å². The van der Waals surface area contributed by atoms with E-state index in [4.69, 9.17) is 4.74 Å². The summed E-state index contributed by atoms with van der Waals surface area (Å²) in [5.41, 5.74) is 3.20. The van der Waals surface area contributed by atoms with Crippen LogP contribution in [0, 0.1) is 12.7 Å². The molecule has 2 aromatic carbocycles. The lowest BCUT2D eigenvalue weighted by Gasteiger charge is -2.12. The zero-order valence-electron chi connectivity index (χ0n) is 12.8. The Bertz CT molecular complexity index is 846. The van der Waals surface area contributed by atoms with Crippen LogP contribution in [0.15, 0.2) is 42.5 Å². The van der Waals surface area contributed by atoms with E-state index in [9.17, 15) is 9.50 Å². The zero-order valence-corrected chi connectivity index (χ0v) is 12.8. The van der Waals surface area contributed by atoms with Crippen molar-refractivity contribution < 1.29 is 14.2 Å². The van der Waals surface area contributed by atoms with E-state index in [1.165, 1.54) is 12.1 Å². The summed E-state index contributed by atoms with van der Waals surface area (Å²) in [6.07, 6.45) is 0. The largest absolute Gasteiger partial charge is 0.494 e. The SMILES string of the molecule is COc1ccc(C)cc1-n1nnc(CO)c1-c1cccc(F)c1. The molecule has 0 saturated heterocycles. The van der Waals surface area contributed by atoms with Gasteiger partial charge in [0.1, 0.15) is 28.6 Å². The molecule has 3 rings (SSSR count). The highest BCUT2D eigenvalue weighted by atomic mass is 19.1. The molecule has 1 aromatic heterocycles. The highest BCUT2D eigenvalue weighted by molar-refractivity contribution is 5.66. The van der Waals surface area contributed by atoms with Gasteiger partial charge in [-0.05, 0) is 36.8 Å². The van der Waals surface area contributed by atoms with Gasteiger partial charge in [0.2, 0.25) is 0 Å². The molecule has 0 fully saturated rings. The molecule has 0 saturated carbocycles. The highest BCUT2D eigenvalue weighted by Crippen LogP contribution is 2.30. The topological polar surface area (TPSA) is 60.2 Å². The van der Waals surface area contributed by atoms with E-state index in [-0.39, 0.29) is 12.4 Å². The second-order valence-corrected chi connectivity index (χ2v) is 5.14. The minimum Gasteiger partial charge on any atom is -0.494 e. The van der Waals surface area contributed by atoms with E-state index >= 15 is 0 Å². The standard InChI is InChI=1S/C17H16FN3O2/c1-11-6-7-16(23-2)15(8-11)21-17(14(10-22)19-20-21)12-4-3-5-13(18)9-12/h3-9,22H,10H2,1-2H3. The average molecular weight is 313 g/mol. The third-order valence-electron chi connectivity index (χ3n) is 3.55. The molecule has 0 aliphatic carbocycles. The van der Waals surface area contributed by atoms with Crippen molar-refractivity contribution in [3.63, 3.8) is 0 Å². The van der Waals surface area contributed by atoms with Gasteiger partial charge in [-0.1, -0.05) is 23.4 Å². The van der Waals surface area contributed by atoms with Gasteiger partial charge in [-0.2, -0.15) is 0 Å².